The number of carbonyl (C=O) groups excluding carboxylic acids is 2. The molecule has 0 radical (unpaired) electrons. The monoisotopic (exact) mass is 376 g/mol. The standard InChI is InChI=1S/C17H17BrN2O3/c1-2-23-16(21)10-9-12-5-3-6-13(11-12)19-17(22)14-7-4-8-15(18)20-14/h3-8,11H,2,9-10H2,1H3,(H,19,22). The Morgan fingerprint density at radius 3 is 2.74 bits per heavy atom. The summed E-state index contributed by atoms with van der Waals surface area (Å²) in [5.74, 6) is -0.505. The number of carbonyl (C=O) groups is 2. The van der Waals surface area contributed by atoms with Crippen molar-refractivity contribution in [2.45, 2.75) is 19.8 Å². The molecule has 0 aliphatic carbocycles. The number of nitrogens with one attached hydrogen (secondary N) is 1. The Morgan fingerprint density at radius 2 is 2.00 bits per heavy atom. The zero-order valence-corrected chi connectivity index (χ0v) is 14.3. The first-order valence-corrected chi connectivity index (χ1v) is 8.06. The summed E-state index contributed by atoms with van der Waals surface area (Å²) in [7, 11) is 0. The maximum Gasteiger partial charge on any atom is 0.306 e. The van der Waals surface area contributed by atoms with Gasteiger partial charge in [0.05, 0.1) is 6.61 Å². The average Bonchev–Trinajstić information content (AvgIpc) is 2.53. The molecule has 5 nitrogen and oxygen atoms in total. The number of amides is 1. The van der Waals surface area contributed by atoms with E-state index in [1.807, 2.05) is 18.2 Å². The van der Waals surface area contributed by atoms with Crippen LogP contribution in [0.5, 0.6) is 0 Å². The number of nitrogens with zero attached hydrogens (tertiary/aromatic N) is 1. The normalized spacial score (nSPS) is 10.2. The molecular formula is C17H17BrN2O3. The van der Waals surface area contributed by atoms with E-state index < -0.39 is 0 Å². The van der Waals surface area contributed by atoms with Gasteiger partial charge in [0.25, 0.3) is 5.91 Å². The van der Waals surface area contributed by atoms with Crippen LogP contribution in [0, 0.1) is 0 Å². The molecule has 1 amide bonds. The van der Waals surface area contributed by atoms with Gasteiger partial charge in [0, 0.05) is 12.1 Å². The van der Waals surface area contributed by atoms with E-state index in [4.69, 9.17) is 4.74 Å². The summed E-state index contributed by atoms with van der Waals surface area (Å²) in [4.78, 5) is 27.7. The summed E-state index contributed by atoms with van der Waals surface area (Å²) in [6.45, 7) is 2.17. The van der Waals surface area contributed by atoms with Crippen molar-refractivity contribution in [3.05, 3.63) is 58.3 Å². The van der Waals surface area contributed by atoms with Crippen LogP contribution in [0.25, 0.3) is 0 Å². The summed E-state index contributed by atoms with van der Waals surface area (Å²) in [5, 5.41) is 2.80. The molecule has 2 aromatic rings. The van der Waals surface area contributed by atoms with E-state index in [2.05, 4.69) is 26.2 Å². The number of hydrogen-bond donors (Lipinski definition) is 1. The van der Waals surface area contributed by atoms with Gasteiger partial charge in [0.2, 0.25) is 0 Å². The van der Waals surface area contributed by atoms with Crippen LogP contribution in [0.1, 0.15) is 29.4 Å². The Labute approximate surface area is 143 Å². The SMILES string of the molecule is CCOC(=O)CCc1cccc(NC(=O)c2cccc(Br)n2)c1. The Hall–Kier alpha value is -2.21. The number of ether oxygens (including phenoxy) is 1. The zero-order chi connectivity index (χ0) is 16.7. The maximum atomic E-state index is 12.2. The lowest BCUT2D eigenvalue weighted by atomic mass is 10.1. The van der Waals surface area contributed by atoms with E-state index >= 15 is 0 Å². The molecule has 1 heterocycles. The minimum absolute atomic E-state index is 0.222. The van der Waals surface area contributed by atoms with Gasteiger partial charge in [-0.1, -0.05) is 18.2 Å². The van der Waals surface area contributed by atoms with E-state index in [1.54, 1.807) is 31.2 Å². The molecule has 1 aromatic carbocycles. The molecule has 0 bridgehead atoms. The van der Waals surface area contributed by atoms with Gasteiger partial charge in [-0.2, -0.15) is 0 Å². The average molecular weight is 377 g/mol. The minimum atomic E-state index is -0.283. The molecular weight excluding hydrogens is 360 g/mol. The number of pyridine rings is 1. The third-order valence-corrected chi connectivity index (χ3v) is 3.50. The molecule has 1 N–H and O–H groups in total. The van der Waals surface area contributed by atoms with E-state index in [9.17, 15) is 9.59 Å². The van der Waals surface area contributed by atoms with E-state index in [-0.39, 0.29) is 11.9 Å². The predicted octanol–water partition coefficient (Wildman–Crippen LogP) is 3.59. The summed E-state index contributed by atoms with van der Waals surface area (Å²) >= 11 is 3.24. The lowest BCUT2D eigenvalue weighted by Crippen LogP contribution is -2.13. The Balaban J connectivity index is 1.99. The molecule has 120 valence electrons. The zero-order valence-electron chi connectivity index (χ0n) is 12.7. The fourth-order valence-electron chi connectivity index (χ4n) is 2.01. The van der Waals surface area contributed by atoms with Crippen LogP contribution in [0.2, 0.25) is 0 Å². The molecule has 1 aromatic heterocycles. The van der Waals surface area contributed by atoms with Crippen molar-refractivity contribution >= 4 is 33.5 Å². The maximum absolute atomic E-state index is 12.2. The highest BCUT2D eigenvalue weighted by molar-refractivity contribution is 9.10. The van der Waals surface area contributed by atoms with Crippen LogP contribution >= 0.6 is 15.9 Å². The fourth-order valence-corrected chi connectivity index (χ4v) is 2.36. The van der Waals surface area contributed by atoms with Gasteiger partial charge in [-0.3, -0.25) is 9.59 Å². The highest BCUT2D eigenvalue weighted by Gasteiger charge is 2.09. The topological polar surface area (TPSA) is 68.3 Å². The number of halogens is 1. The van der Waals surface area contributed by atoms with Crippen molar-refractivity contribution in [3.63, 3.8) is 0 Å². The molecule has 0 atom stereocenters. The molecule has 6 heteroatoms. The van der Waals surface area contributed by atoms with Gasteiger partial charge < -0.3 is 10.1 Å². The minimum Gasteiger partial charge on any atom is -0.466 e. The quantitative estimate of drug-likeness (QED) is 0.617. The Kier molecular flexibility index (Phi) is 6.29. The van der Waals surface area contributed by atoms with Crippen molar-refractivity contribution in [3.8, 4) is 0 Å². The van der Waals surface area contributed by atoms with Crippen LogP contribution in [-0.4, -0.2) is 23.5 Å². The van der Waals surface area contributed by atoms with Crippen molar-refractivity contribution in [1.82, 2.24) is 4.98 Å². The second-order valence-electron chi connectivity index (χ2n) is 4.81. The lowest BCUT2D eigenvalue weighted by Gasteiger charge is -2.07. The molecule has 23 heavy (non-hydrogen) atoms. The second kappa shape index (κ2) is 8.43. The Morgan fingerprint density at radius 1 is 1.22 bits per heavy atom. The number of esters is 1. The van der Waals surface area contributed by atoms with Crippen LogP contribution in [-0.2, 0) is 16.0 Å². The van der Waals surface area contributed by atoms with Crippen molar-refractivity contribution < 1.29 is 14.3 Å². The van der Waals surface area contributed by atoms with Gasteiger partial charge in [0.15, 0.2) is 0 Å². The molecule has 0 aliphatic rings. The molecule has 0 fully saturated rings. The number of anilines is 1. The van der Waals surface area contributed by atoms with Gasteiger partial charge in [-0.25, -0.2) is 4.98 Å². The largest absolute Gasteiger partial charge is 0.466 e. The molecule has 0 spiro atoms. The number of aryl methyl sites for hydroxylation is 1. The lowest BCUT2D eigenvalue weighted by molar-refractivity contribution is -0.143. The number of aromatic nitrogens is 1. The third kappa shape index (κ3) is 5.49. The first-order valence-electron chi connectivity index (χ1n) is 7.27. The van der Waals surface area contributed by atoms with Crippen LogP contribution in [0.4, 0.5) is 5.69 Å². The van der Waals surface area contributed by atoms with E-state index in [0.717, 1.165) is 5.56 Å². The van der Waals surface area contributed by atoms with Gasteiger partial charge >= 0.3 is 5.97 Å². The highest BCUT2D eigenvalue weighted by Crippen LogP contribution is 2.14. The second-order valence-corrected chi connectivity index (χ2v) is 5.62. The van der Waals surface area contributed by atoms with Crippen LogP contribution in [0.15, 0.2) is 47.1 Å². The summed E-state index contributed by atoms with van der Waals surface area (Å²) in [5.41, 5.74) is 1.95. The molecule has 0 saturated heterocycles. The molecule has 2 rings (SSSR count). The van der Waals surface area contributed by atoms with E-state index in [1.165, 1.54) is 0 Å². The fraction of sp³-hybridized carbons (Fsp3) is 0.235. The van der Waals surface area contributed by atoms with E-state index in [0.29, 0.717) is 35.4 Å². The number of rotatable bonds is 6. The Bertz CT molecular complexity index is 704. The molecule has 0 saturated carbocycles. The number of benzene rings is 1. The van der Waals surface area contributed by atoms with Gasteiger partial charge in [0.1, 0.15) is 10.3 Å². The summed E-state index contributed by atoms with van der Waals surface area (Å²) in [6.07, 6.45) is 0.885. The molecule has 0 aliphatic heterocycles. The van der Waals surface area contributed by atoms with Crippen LogP contribution < -0.4 is 5.32 Å². The van der Waals surface area contributed by atoms with Gasteiger partial charge in [-0.05, 0) is 59.1 Å². The first-order chi connectivity index (χ1) is 11.1. The van der Waals surface area contributed by atoms with Gasteiger partial charge in [-0.15, -0.1) is 0 Å². The van der Waals surface area contributed by atoms with Crippen molar-refractivity contribution in [2.75, 3.05) is 11.9 Å². The van der Waals surface area contributed by atoms with Crippen molar-refractivity contribution in [2.24, 2.45) is 0 Å². The van der Waals surface area contributed by atoms with Crippen molar-refractivity contribution in [1.29, 1.82) is 0 Å². The predicted molar refractivity (Wildman–Crippen MR) is 91.3 cm³/mol. The summed E-state index contributed by atoms with van der Waals surface area (Å²) < 4.78 is 5.51. The molecule has 0 unspecified atom stereocenters. The summed E-state index contributed by atoms with van der Waals surface area (Å²) in [6, 6.07) is 12.5. The smallest absolute Gasteiger partial charge is 0.306 e. The third-order valence-electron chi connectivity index (χ3n) is 3.06. The van der Waals surface area contributed by atoms with Crippen LogP contribution in [0.3, 0.4) is 0 Å². The number of hydrogen-bond acceptors (Lipinski definition) is 4. The highest BCUT2D eigenvalue weighted by atomic mass is 79.9. The first kappa shape index (κ1) is 17.1.